The first kappa shape index (κ1) is 31.8. The van der Waals surface area contributed by atoms with Crippen LogP contribution in [0, 0.1) is 0 Å². The number of benzene rings is 4. The number of phenolic OH excluding ortho intramolecular Hbond substituents is 3. The molecule has 0 saturated heterocycles. The van der Waals surface area contributed by atoms with E-state index in [0.717, 1.165) is 11.1 Å². The Morgan fingerprint density at radius 1 is 0.674 bits per heavy atom. The van der Waals surface area contributed by atoms with Crippen LogP contribution in [0.15, 0.2) is 88.7 Å². The molecule has 6 nitrogen and oxygen atoms in total. The third kappa shape index (κ3) is 6.94. The number of hydrogen-bond acceptors (Lipinski definition) is 6. The zero-order valence-corrected chi connectivity index (χ0v) is 26.4. The molecular formula is C36H40O6S. The zero-order chi connectivity index (χ0) is 31.7. The van der Waals surface area contributed by atoms with Gasteiger partial charge < -0.3 is 15.3 Å². The standard InChI is InChI=1S/C36H40O6S/c1-35(2,3)26-17-12-23(13-18-26)11-16-25-22-28(33(39)34(40)32(25)38)30(37)21-24-14-19-27(20-15-24)43(41,42)31-10-8-7-9-29(31)36(4,5)6/h7-10,12-15,17-20,22,38-40H,11,16,21H2,1-6H3. The highest BCUT2D eigenvalue weighted by Gasteiger charge is 2.27. The van der Waals surface area contributed by atoms with Gasteiger partial charge in [-0.2, -0.15) is 0 Å². The molecule has 0 spiro atoms. The monoisotopic (exact) mass is 600 g/mol. The van der Waals surface area contributed by atoms with Gasteiger partial charge in [0, 0.05) is 6.42 Å². The molecule has 0 aliphatic heterocycles. The van der Waals surface area contributed by atoms with E-state index in [1.54, 1.807) is 24.3 Å². The van der Waals surface area contributed by atoms with Crippen molar-refractivity contribution in [2.45, 2.75) is 81.4 Å². The number of ketones is 1. The average molecular weight is 601 g/mol. The van der Waals surface area contributed by atoms with Gasteiger partial charge in [-0.15, -0.1) is 0 Å². The number of hydrogen-bond donors (Lipinski definition) is 3. The number of rotatable bonds is 8. The van der Waals surface area contributed by atoms with E-state index < -0.39 is 32.9 Å². The molecule has 0 aromatic heterocycles. The second-order valence-electron chi connectivity index (χ2n) is 13.1. The van der Waals surface area contributed by atoms with Crippen molar-refractivity contribution in [2.75, 3.05) is 0 Å². The molecule has 4 aromatic rings. The summed E-state index contributed by atoms with van der Waals surface area (Å²) in [4.78, 5) is 13.6. The van der Waals surface area contributed by atoms with Crippen molar-refractivity contribution >= 4 is 15.6 Å². The minimum Gasteiger partial charge on any atom is -0.504 e. The molecule has 0 aliphatic carbocycles. The van der Waals surface area contributed by atoms with Gasteiger partial charge in [0.1, 0.15) is 0 Å². The highest BCUT2D eigenvalue weighted by molar-refractivity contribution is 7.91. The second-order valence-corrected chi connectivity index (χ2v) is 15.0. The Bertz CT molecular complexity index is 1740. The summed E-state index contributed by atoms with van der Waals surface area (Å²) >= 11 is 0. The summed E-state index contributed by atoms with van der Waals surface area (Å²) in [5.41, 5.74) is 3.39. The summed E-state index contributed by atoms with van der Waals surface area (Å²) in [6, 6.07) is 22.6. The van der Waals surface area contributed by atoms with Gasteiger partial charge in [0.05, 0.1) is 15.4 Å². The Hall–Kier alpha value is -4.10. The van der Waals surface area contributed by atoms with Crippen LogP contribution in [-0.4, -0.2) is 29.5 Å². The highest BCUT2D eigenvalue weighted by atomic mass is 32.2. The van der Waals surface area contributed by atoms with E-state index in [4.69, 9.17) is 0 Å². The third-order valence-electron chi connectivity index (χ3n) is 7.71. The molecule has 43 heavy (non-hydrogen) atoms. The van der Waals surface area contributed by atoms with Crippen LogP contribution in [0.2, 0.25) is 0 Å². The molecule has 0 heterocycles. The van der Waals surface area contributed by atoms with Crippen molar-refractivity contribution in [3.8, 4) is 17.2 Å². The first-order valence-corrected chi connectivity index (χ1v) is 15.8. The fraction of sp³-hybridized carbons (Fsp3) is 0.306. The normalized spacial score (nSPS) is 12.3. The van der Waals surface area contributed by atoms with Crippen LogP contribution in [0.3, 0.4) is 0 Å². The van der Waals surface area contributed by atoms with E-state index in [0.29, 0.717) is 24.0 Å². The number of aromatic hydroxyl groups is 3. The lowest BCUT2D eigenvalue weighted by atomic mass is 9.86. The first-order chi connectivity index (χ1) is 20.0. The maximum atomic E-state index is 13.5. The molecule has 226 valence electrons. The SMILES string of the molecule is CC(C)(C)c1ccc(CCc2cc(C(=O)Cc3ccc(S(=O)(=O)c4ccccc4C(C)(C)C)cc3)c(O)c(O)c2O)cc1. The van der Waals surface area contributed by atoms with E-state index in [9.17, 15) is 28.5 Å². The summed E-state index contributed by atoms with van der Waals surface area (Å²) in [5.74, 6) is -2.34. The Kier molecular flexibility index (Phi) is 8.80. The van der Waals surface area contributed by atoms with Crippen molar-refractivity contribution < 1.29 is 28.5 Å². The van der Waals surface area contributed by atoms with Crippen molar-refractivity contribution in [1.82, 2.24) is 0 Å². The molecule has 0 bridgehead atoms. The predicted octanol–water partition coefficient (Wildman–Crippen LogP) is 7.44. The van der Waals surface area contributed by atoms with Crippen molar-refractivity contribution in [1.29, 1.82) is 0 Å². The number of aryl methyl sites for hydroxylation is 2. The van der Waals surface area contributed by atoms with Gasteiger partial charge >= 0.3 is 0 Å². The zero-order valence-electron chi connectivity index (χ0n) is 25.6. The lowest BCUT2D eigenvalue weighted by Gasteiger charge is -2.22. The predicted molar refractivity (Wildman–Crippen MR) is 169 cm³/mol. The quantitative estimate of drug-likeness (QED) is 0.143. The second kappa shape index (κ2) is 11.9. The van der Waals surface area contributed by atoms with Crippen LogP contribution < -0.4 is 0 Å². The fourth-order valence-electron chi connectivity index (χ4n) is 5.07. The average Bonchev–Trinajstić information content (AvgIpc) is 2.95. The minimum atomic E-state index is -3.80. The molecule has 0 fully saturated rings. The van der Waals surface area contributed by atoms with Crippen LogP contribution in [0.4, 0.5) is 0 Å². The molecule has 0 aliphatic rings. The molecule has 4 aromatic carbocycles. The van der Waals surface area contributed by atoms with Gasteiger partial charge in [-0.1, -0.05) is 96.1 Å². The number of sulfone groups is 1. The maximum Gasteiger partial charge on any atom is 0.206 e. The van der Waals surface area contributed by atoms with Crippen LogP contribution in [-0.2, 0) is 39.9 Å². The van der Waals surface area contributed by atoms with E-state index in [2.05, 4.69) is 32.9 Å². The fourth-order valence-corrected chi connectivity index (χ4v) is 6.74. The van der Waals surface area contributed by atoms with Gasteiger partial charge in [0.2, 0.25) is 15.6 Å². The van der Waals surface area contributed by atoms with Gasteiger partial charge in [0.15, 0.2) is 17.3 Å². The number of carbonyl (C=O) groups is 1. The summed E-state index contributed by atoms with van der Waals surface area (Å²) in [6.07, 6.45) is 0.770. The highest BCUT2D eigenvalue weighted by Crippen LogP contribution is 2.41. The van der Waals surface area contributed by atoms with Crippen LogP contribution in [0.5, 0.6) is 17.2 Å². The topological polar surface area (TPSA) is 112 Å². The number of phenols is 3. The van der Waals surface area contributed by atoms with Crippen LogP contribution in [0.1, 0.15) is 79.7 Å². The van der Waals surface area contributed by atoms with Crippen molar-refractivity contribution in [3.05, 3.63) is 112 Å². The minimum absolute atomic E-state index is 0.0288. The first-order valence-electron chi connectivity index (χ1n) is 14.3. The molecule has 0 amide bonds. The molecule has 4 rings (SSSR count). The summed E-state index contributed by atoms with van der Waals surface area (Å²) in [7, 11) is -3.80. The van der Waals surface area contributed by atoms with E-state index in [1.165, 1.54) is 23.8 Å². The molecule has 0 saturated carbocycles. The summed E-state index contributed by atoms with van der Waals surface area (Å²) in [6.45, 7) is 12.3. The molecule has 3 N–H and O–H groups in total. The van der Waals surface area contributed by atoms with Gasteiger partial charge in [-0.3, -0.25) is 4.79 Å². The van der Waals surface area contributed by atoms with E-state index in [-0.39, 0.29) is 32.6 Å². The molecular weight excluding hydrogens is 560 g/mol. The summed E-state index contributed by atoms with van der Waals surface area (Å²) in [5, 5.41) is 31.4. The van der Waals surface area contributed by atoms with Crippen molar-refractivity contribution in [2.24, 2.45) is 0 Å². The van der Waals surface area contributed by atoms with Crippen molar-refractivity contribution in [3.63, 3.8) is 0 Å². The lowest BCUT2D eigenvalue weighted by molar-refractivity contribution is 0.0989. The van der Waals surface area contributed by atoms with Crippen LogP contribution >= 0.6 is 0 Å². The summed E-state index contributed by atoms with van der Waals surface area (Å²) < 4.78 is 27.0. The molecule has 0 radical (unpaired) electrons. The Labute approximate surface area is 254 Å². The smallest absolute Gasteiger partial charge is 0.206 e. The van der Waals surface area contributed by atoms with E-state index >= 15 is 0 Å². The maximum absolute atomic E-state index is 13.5. The van der Waals surface area contributed by atoms with Gasteiger partial charge in [-0.05, 0) is 75.8 Å². The Morgan fingerprint density at radius 2 is 1.26 bits per heavy atom. The molecule has 0 atom stereocenters. The Balaban J connectivity index is 1.53. The van der Waals surface area contributed by atoms with Crippen LogP contribution in [0.25, 0.3) is 0 Å². The van der Waals surface area contributed by atoms with E-state index in [1.807, 2.05) is 45.0 Å². The Morgan fingerprint density at radius 3 is 1.84 bits per heavy atom. The number of carbonyl (C=O) groups excluding carboxylic acids is 1. The largest absolute Gasteiger partial charge is 0.504 e. The molecule has 0 unspecified atom stereocenters. The number of Topliss-reactive ketones (excluding diaryl/α,β-unsaturated/α-hetero) is 1. The van der Waals surface area contributed by atoms with Gasteiger partial charge in [0.25, 0.3) is 0 Å². The lowest BCUT2D eigenvalue weighted by Crippen LogP contribution is -2.17. The third-order valence-corrected chi connectivity index (χ3v) is 9.54. The molecule has 7 heteroatoms. The van der Waals surface area contributed by atoms with Gasteiger partial charge in [-0.25, -0.2) is 8.42 Å².